The number of nitrogens with one attached hydrogen (secondary N) is 1. The van der Waals surface area contributed by atoms with Crippen LogP contribution >= 0.6 is 0 Å². The lowest BCUT2D eigenvalue weighted by molar-refractivity contribution is 0.275. The molecule has 0 aliphatic carbocycles. The molecule has 0 heterocycles. The van der Waals surface area contributed by atoms with Gasteiger partial charge in [-0.15, -0.1) is 0 Å². The summed E-state index contributed by atoms with van der Waals surface area (Å²) in [6.07, 6.45) is 0. The van der Waals surface area contributed by atoms with Crippen molar-refractivity contribution >= 4 is 5.69 Å². The van der Waals surface area contributed by atoms with Crippen LogP contribution in [0, 0.1) is 0 Å². The molecule has 4 heteroatoms. The summed E-state index contributed by atoms with van der Waals surface area (Å²) in [4.78, 5) is 0. The van der Waals surface area contributed by atoms with Crippen molar-refractivity contribution in [3.8, 4) is 11.5 Å². The van der Waals surface area contributed by atoms with Gasteiger partial charge in [0.1, 0.15) is 11.5 Å². The molecule has 0 fully saturated rings. The Balaban J connectivity index is 2.04. The Labute approximate surface area is 105 Å². The summed E-state index contributed by atoms with van der Waals surface area (Å²) in [6, 6.07) is 12.0. The van der Waals surface area contributed by atoms with Gasteiger partial charge in [0.05, 0.1) is 6.61 Å². The molecule has 4 nitrogen and oxygen atoms in total. The molecule has 0 amide bonds. The fourth-order valence-electron chi connectivity index (χ4n) is 1.68. The SMILES string of the molecule is OCc1ccc(NCc2cccc(O)c2)cc1O. The summed E-state index contributed by atoms with van der Waals surface area (Å²) in [7, 11) is 0. The van der Waals surface area contributed by atoms with Gasteiger partial charge in [0.25, 0.3) is 0 Å². The quantitative estimate of drug-likeness (QED) is 0.666. The second-order valence-electron chi connectivity index (χ2n) is 4.03. The summed E-state index contributed by atoms with van der Waals surface area (Å²) in [6.45, 7) is 0.366. The molecule has 2 aromatic carbocycles. The van der Waals surface area contributed by atoms with E-state index in [0.29, 0.717) is 12.1 Å². The van der Waals surface area contributed by atoms with Crippen LogP contribution in [0.5, 0.6) is 11.5 Å². The van der Waals surface area contributed by atoms with Gasteiger partial charge in [0, 0.05) is 23.9 Å². The minimum atomic E-state index is -0.182. The van der Waals surface area contributed by atoms with E-state index in [2.05, 4.69) is 5.32 Å². The zero-order valence-electron chi connectivity index (χ0n) is 9.80. The first kappa shape index (κ1) is 12.3. The molecule has 0 unspecified atom stereocenters. The van der Waals surface area contributed by atoms with Gasteiger partial charge in [0.15, 0.2) is 0 Å². The molecule has 0 saturated heterocycles. The number of aliphatic hydroxyl groups is 1. The van der Waals surface area contributed by atoms with Crippen molar-refractivity contribution in [1.29, 1.82) is 0 Å². The van der Waals surface area contributed by atoms with E-state index in [4.69, 9.17) is 5.11 Å². The third-order valence-electron chi connectivity index (χ3n) is 2.66. The zero-order valence-corrected chi connectivity index (χ0v) is 9.80. The number of phenolic OH excluding ortho intramolecular Hbond substituents is 1. The van der Waals surface area contributed by atoms with Crippen LogP contribution in [-0.2, 0) is 13.2 Å². The average Bonchev–Trinajstić information content (AvgIpc) is 2.37. The van der Waals surface area contributed by atoms with Gasteiger partial charge in [-0.2, -0.15) is 0 Å². The van der Waals surface area contributed by atoms with Crippen LogP contribution in [0.25, 0.3) is 0 Å². The van der Waals surface area contributed by atoms with E-state index < -0.39 is 0 Å². The molecule has 0 spiro atoms. The molecule has 4 N–H and O–H groups in total. The molecule has 0 atom stereocenters. The van der Waals surface area contributed by atoms with E-state index in [1.807, 2.05) is 6.07 Å². The van der Waals surface area contributed by atoms with Crippen LogP contribution in [-0.4, -0.2) is 15.3 Å². The predicted octanol–water partition coefficient (Wildman–Crippen LogP) is 2.20. The first-order chi connectivity index (χ1) is 8.69. The smallest absolute Gasteiger partial charge is 0.123 e. The van der Waals surface area contributed by atoms with E-state index in [9.17, 15) is 10.2 Å². The van der Waals surface area contributed by atoms with Gasteiger partial charge >= 0.3 is 0 Å². The molecule has 0 radical (unpaired) electrons. The molecule has 0 saturated carbocycles. The van der Waals surface area contributed by atoms with Gasteiger partial charge in [-0.1, -0.05) is 18.2 Å². The van der Waals surface area contributed by atoms with Crippen LogP contribution in [0.1, 0.15) is 11.1 Å². The van der Waals surface area contributed by atoms with Crippen LogP contribution in [0.15, 0.2) is 42.5 Å². The Kier molecular flexibility index (Phi) is 3.69. The number of aliphatic hydroxyl groups excluding tert-OH is 1. The second-order valence-corrected chi connectivity index (χ2v) is 4.03. The normalized spacial score (nSPS) is 10.3. The number of aromatic hydroxyl groups is 2. The van der Waals surface area contributed by atoms with E-state index in [1.54, 1.807) is 36.4 Å². The minimum absolute atomic E-state index is 0.0680. The Morgan fingerprint density at radius 2 is 1.83 bits per heavy atom. The lowest BCUT2D eigenvalue weighted by Gasteiger charge is -2.09. The first-order valence-electron chi connectivity index (χ1n) is 5.63. The van der Waals surface area contributed by atoms with Gasteiger partial charge in [-0.3, -0.25) is 0 Å². The highest BCUT2D eigenvalue weighted by atomic mass is 16.3. The summed E-state index contributed by atoms with van der Waals surface area (Å²) in [5.74, 6) is 0.297. The summed E-state index contributed by atoms with van der Waals surface area (Å²) >= 11 is 0. The summed E-state index contributed by atoms with van der Waals surface area (Å²) < 4.78 is 0. The largest absolute Gasteiger partial charge is 0.508 e. The Morgan fingerprint density at radius 3 is 2.50 bits per heavy atom. The predicted molar refractivity (Wildman–Crippen MR) is 69.5 cm³/mol. The Bertz CT molecular complexity index is 540. The monoisotopic (exact) mass is 245 g/mol. The van der Waals surface area contributed by atoms with Gasteiger partial charge < -0.3 is 20.6 Å². The highest BCUT2D eigenvalue weighted by Crippen LogP contribution is 2.22. The number of anilines is 1. The second kappa shape index (κ2) is 5.42. The molecule has 0 bridgehead atoms. The van der Waals surface area contributed by atoms with Crippen LogP contribution in [0.2, 0.25) is 0 Å². The number of rotatable bonds is 4. The van der Waals surface area contributed by atoms with Crippen molar-refractivity contribution < 1.29 is 15.3 Å². The van der Waals surface area contributed by atoms with Gasteiger partial charge in [-0.25, -0.2) is 0 Å². The maximum atomic E-state index is 9.59. The molecule has 94 valence electrons. The van der Waals surface area contributed by atoms with Crippen LogP contribution in [0.4, 0.5) is 5.69 Å². The van der Waals surface area contributed by atoms with Crippen molar-refractivity contribution in [3.05, 3.63) is 53.6 Å². The van der Waals surface area contributed by atoms with E-state index in [1.165, 1.54) is 0 Å². The summed E-state index contributed by atoms with van der Waals surface area (Å²) in [5, 5.41) is 31.0. The average molecular weight is 245 g/mol. The molecule has 2 aromatic rings. The number of benzene rings is 2. The minimum Gasteiger partial charge on any atom is -0.508 e. The number of hydrogen-bond donors (Lipinski definition) is 4. The fraction of sp³-hybridized carbons (Fsp3) is 0.143. The standard InChI is InChI=1S/C14H15NO3/c16-9-11-4-5-12(7-14(11)18)15-8-10-2-1-3-13(17)6-10/h1-7,15-18H,8-9H2. The van der Waals surface area contributed by atoms with Crippen LogP contribution in [0.3, 0.4) is 0 Å². The maximum absolute atomic E-state index is 9.59. The zero-order chi connectivity index (χ0) is 13.0. The topological polar surface area (TPSA) is 72.7 Å². The molecular formula is C14H15NO3. The molecular weight excluding hydrogens is 230 g/mol. The van der Waals surface area contributed by atoms with Gasteiger partial charge in [0.2, 0.25) is 0 Å². The number of phenols is 2. The van der Waals surface area contributed by atoms with Crippen molar-refractivity contribution in [2.75, 3.05) is 5.32 Å². The summed E-state index contributed by atoms with van der Waals surface area (Å²) in [5.41, 5.74) is 2.20. The Hall–Kier alpha value is -2.20. The lowest BCUT2D eigenvalue weighted by Crippen LogP contribution is -1.99. The van der Waals surface area contributed by atoms with Crippen molar-refractivity contribution in [2.45, 2.75) is 13.2 Å². The number of hydrogen-bond acceptors (Lipinski definition) is 4. The van der Waals surface area contributed by atoms with Crippen LogP contribution < -0.4 is 5.32 Å². The van der Waals surface area contributed by atoms with E-state index >= 15 is 0 Å². The Morgan fingerprint density at radius 1 is 1.00 bits per heavy atom. The molecule has 18 heavy (non-hydrogen) atoms. The van der Waals surface area contributed by atoms with Gasteiger partial charge in [-0.05, 0) is 23.8 Å². The molecule has 0 aliphatic heterocycles. The highest BCUT2D eigenvalue weighted by molar-refractivity contribution is 5.51. The maximum Gasteiger partial charge on any atom is 0.123 e. The third kappa shape index (κ3) is 2.93. The molecule has 0 aromatic heterocycles. The highest BCUT2D eigenvalue weighted by Gasteiger charge is 2.01. The van der Waals surface area contributed by atoms with E-state index in [-0.39, 0.29) is 18.1 Å². The van der Waals surface area contributed by atoms with Crippen molar-refractivity contribution in [2.24, 2.45) is 0 Å². The first-order valence-corrected chi connectivity index (χ1v) is 5.63. The third-order valence-corrected chi connectivity index (χ3v) is 2.66. The molecule has 2 rings (SSSR count). The lowest BCUT2D eigenvalue weighted by atomic mass is 10.1. The fourth-order valence-corrected chi connectivity index (χ4v) is 1.68. The van der Waals surface area contributed by atoms with E-state index in [0.717, 1.165) is 11.3 Å². The van der Waals surface area contributed by atoms with Crippen molar-refractivity contribution in [3.63, 3.8) is 0 Å². The molecule has 0 aliphatic rings. The van der Waals surface area contributed by atoms with Crippen molar-refractivity contribution in [1.82, 2.24) is 0 Å².